The Bertz CT molecular complexity index is 925. The SMILES string of the molecule is COc1cc(NC(=O)[C@@H]2COCC(=O)N2Cc2ccc(OC)c(OC)c2)cc(OC)c1. The van der Waals surface area contributed by atoms with E-state index in [1.807, 2.05) is 6.07 Å². The second kappa shape index (κ2) is 10.0. The van der Waals surface area contributed by atoms with Gasteiger partial charge in [-0.2, -0.15) is 0 Å². The molecule has 166 valence electrons. The Balaban J connectivity index is 1.80. The van der Waals surface area contributed by atoms with Crippen molar-refractivity contribution in [3.05, 3.63) is 42.0 Å². The summed E-state index contributed by atoms with van der Waals surface area (Å²) in [5, 5.41) is 2.82. The van der Waals surface area contributed by atoms with Gasteiger partial charge in [0.25, 0.3) is 0 Å². The molecule has 0 aliphatic carbocycles. The number of carbonyl (C=O) groups is 2. The van der Waals surface area contributed by atoms with Gasteiger partial charge in [-0.05, 0) is 17.7 Å². The zero-order chi connectivity index (χ0) is 22.4. The first-order valence-electron chi connectivity index (χ1n) is 9.61. The molecule has 31 heavy (non-hydrogen) atoms. The molecule has 0 unspecified atom stereocenters. The minimum atomic E-state index is -0.799. The summed E-state index contributed by atoms with van der Waals surface area (Å²) in [6, 6.07) is 9.61. The molecular weight excluding hydrogens is 404 g/mol. The van der Waals surface area contributed by atoms with Crippen molar-refractivity contribution in [3.8, 4) is 23.0 Å². The summed E-state index contributed by atoms with van der Waals surface area (Å²) in [6.45, 7) is 0.234. The number of morpholine rings is 1. The van der Waals surface area contributed by atoms with Crippen LogP contribution in [0, 0.1) is 0 Å². The lowest BCUT2D eigenvalue weighted by Crippen LogP contribution is -2.54. The van der Waals surface area contributed by atoms with Crippen LogP contribution in [0.3, 0.4) is 0 Å². The van der Waals surface area contributed by atoms with Gasteiger partial charge in [0.15, 0.2) is 11.5 Å². The molecule has 1 fully saturated rings. The lowest BCUT2D eigenvalue weighted by atomic mass is 10.1. The Morgan fingerprint density at radius 2 is 1.68 bits per heavy atom. The maximum Gasteiger partial charge on any atom is 0.249 e. The molecule has 1 heterocycles. The van der Waals surface area contributed by atoms with Crippen LogP contribution in [-0.2, 0) is 20.9 Å². The van der Waals surface area contributed by atoms with Crippen LogP contribution in [0.2, 0.25) is 0 Å². The number of anilines is 1. The lowest BCUT2D eigenvalue weighted by molar-refractivity contribution is -0.154. The van der Waals surface area contributed by atoms with Gasteiger partial charge in [-0.3, -0.25) is 9.59 Å². The molecule has 0 saturated carbocycles. The molecule has 9 nitrogen and oxygen atoms in total. The summed E-state index contributed by atoms with van der Waals surface area (Å²) >= 11 is 0. The molecule has 9 heteroatoms. The predicted molar refractivity (Wildman–Crippen MR) is 113 cm³/mol. The van der Waals surface area contributed by atoms with E-state index in [9.17, 15) is 9.59 Å². The molecule has 3 rings (SSSR count). The van der Waals surface area contributed by atoms with E-state index in [2.05, 4.69) is 5.32 Å². The summed E-state index contributed by atoms with van der Waals surface area (Å²) in [4.78, 5) is 27.1. The number of hydrogen-bond acceptors (Lipinski definition) is 7. The van der Waals surface area contributed by atoms with E-state index in [0.29, 0.717) is 28.7 Å². The number of nitrogens with zero attached hydrogens (tertiary/aromatic N) is 1. The minimum absolute atomic E-state index is 0.0793. The minimum Gasteiger partial charge on any atom is -0.497 e. The van der Waals surface area contributed by atoms with Crippen molar-refractivity contribution in [1.82, 2.24) is 4.90 Å². The molecule has 1 N–H and O–H groups in total. The van der Waals surface area contributed by atoms with Gasteiger partial charge in [0, 0.05) is 30.4 Å². The van der Waals surface area contributed by atoms with Crippen molar-refractivity contribution in [3.63, 3.8) is 0 Å². The first-order valence-corrected chi connectivity index (χ1v) is 9.61. The number of carbonyl (C=O) groups excluding carboxylic acids is 2. The third-order valence-electron chi connectivity index (χ3n) is 4.92. The summed E-state index contributed by atoms with van der Waals surface area (Å²) in [6.07, 6.45) is 0. The predicted octanol–water partition coefficient (Wildman–Crippen LogP) is 2.09. The maximum atomic E-state index is 13.0. The highest BCUT2D eigenvalue weighted by Crippen LogP contribution is 2.29. The van der Waals surface area contributed by atoms with Gasteiger partial charge >= 0.3 is 0 Å². The molecule has 0 spiro atoms. The van der Waals surface area contributed by atoms with Crippen LogP contribution in [0.4, 0.5) is 5.69 Å². The van der Waals surface area contributed by atoms with Gasteiger partial charge in [-0.25, -0.2) is 0 Å². The molecule has 2 aromatic carbocycles. The molecule has 0 radical (unpaired) electrons. The topological polar surface area (TPSA) is 95.6 Å². The van der Waals surface area contributed by atoms with Gasteiger partial charge in [-0.15, -0.1) is 0 Å². The summed E-state index contributed by atoms with van der Waals surface area (Å²) in [5.41, 5.74) is 1.29. The van der Waals surface area contributed by atoms with E-state index >= 15 is 0 Å². The second-order valence-electron chi connectivity index (χ2n) is 6.83. The first kappa shape index (κ1) is 22.2. The second-order valence-corrected chi connectivity index (χ2v) is 6.83. The van der Waals surface area contributed by atoms with Gasteiger partial charge < -0.3 is 33.9 Å². The monoisotopic (exact) mass is 430 g/mol. The van der Waals surface area contributed by atoms with Crippen LogP contribution < -0.4 is 24.3 Å². The van der Waals surface area contributed by atoms with Gasteiger partial charge in [0.1, 0.15) is 24.1 Å². The fourth-order valence-corrected chi connectivity index (χ4v) is 3.30. The largest absolute Gasteiger partial charge is 0.497 e. The Hall–Kier alpha value is -3.46. The number of nitrogens with one attached hydrogen (secondary N) is 1. The van der Waals surface area contributed by atoms with Crippen molar-refractivity contribution >= 4 is 17.5 Å². The van der Waals surface area contributed by atoms with Gasteiger partial charge in [0.05, 0.1) is 35.0 Å². The fourth-order valence-electron chi connectivity index (χ4n) is 3.30. The van der Waals surface area contributed by atoms with E-state index in [1.165, 1.54) is 19.1 Å². The van der Waals surface area contributed by atoms with E-state index in [4.69, 9.17) is 23.7 Å². The summed E-state index contributed by atoms with van der Waals surface area (Å²) in [5.74, 6) is 1.56. The van der Waals surface area contributed by atoms with Crippen LogP contribution in [0.15, 0.2) is 36.4 Å². The molecule has 1 aliphatic heterocycles. The smallest absolute Gasteiger partial charge is 0.249 e. The van der Waals surface area contributed by atoms with Crippen molar-refractivity contribution in [2.45, 2.75) is 12.6 Å². The highest BCUT2D eigenvalue weighted by atomic mass is 16.5. The number of hydrogen-bond donors (Lipinski definition) is 1. The third kappa shape index (κ3) is 5.18. The molecule has 0 aromatic heterocycles. The van der Waals surface area contributed by atoms with Crippen LogP contribution >= 0.6 is 0 Å². The standard InChI is InChI=1S/C22H26N2O7/c1-27-16-8-15(9-17(10-16)28-2)23-22(26)18-12-31-13-21(25)24(18)11-14-5-6-19(29-3)20(7-14)30-4/h5-10,18H,11-13H2,1-4H3,(H,23,26)/t18-/m0/s1. The highest BCUT2D eigenvalue weighted by molar-refractivity contribution is 5.98. The number of amides is 2. The van der Waals surface area contributed by atoms with Crippen LogP contribution in [0.1, 0.15) is 5.56 Å². The van der Waals surface area contributed by atoms with E-state index in [0.717, 1.165) is 5.56 Å². The highest BCUT2D eigenvalue weighted by Gasteiger charge is 2.34. The molecule has 0 bridgehead atoms. The summed E-state index contributed by atoms with van der Waals surface area (Å²) < 4.78 is 26.4. The van der Waals surface area contributed by atoms with E-state index in [1.54, 1.807) is 44.6 Å². The lowest BCUT2D eigenvalue weighted by Gasteiger charge is -2.34. The van der Waals surface area contributed by atoms with Crippen LogP contribution in [-0.4, -0.2) is 64.4 Å². The Kier molecular flexibility index (Phi) is 7.19. The van der Waals surface area contributed by atoms with E-state index in [-0.39, 0.29) is 31.6 Å². The molecule has 1 atom stereocenters. The number of rotatable bonds is 8. The fraction of sp³-hybridized carbons (Fsp3) is 0.364. The summed E-state index contributed by atoms with van der Waals surface area (Å²) in [7, 11) is 6.15. The molecule has 2 aromatic rings. The molecular formula is C22H26N2O7. The van der Waals surface area contributed by atoms with Crippen molar-refractivity contribution in [1.29, 1.82) is 0 Å². The normalized spacial score (nSPS) is 15.9. The van der Waals surface area contributed by atoms with Crippen molar-refractivity contribution in [2.24, 2.45) is 0 Å². The average Bonchev–Trinajstić information content (AvgIpc) is 2.79. The van der Waals surface area contributed by atoms with Gasteiger partial charge in [-0.1, -0.05) is 6.07 Å². The number of benzene rings is 2. The van der Waals surface area contributed by atoms with E-state index < -0.39 is 6.04 Å². The average molecular weight is 430 g/mol. The Labute approximate surface area is 180 Å². The quantitative estimate of drug-likeness (QED) is 0.685. The Morgan fingerprint density at radius 3 is 2.29 bits per heavy atom. The number of methoxy groups -OCH3 is 4. The Morgan fingerprint density at radius 1 is 1.00 bits per heavy atom. The molecule has 2 amide bonds. The van der Waals surface area contributed by atoms with Crippen LogP contribution in [0.5, 0.6) is 23.0 Å². The van der Waals surface area contributed by atoms with Crippen molar-refractivity contribution < 1.29 is 33.3 Å². The third-order valence-corrected chi connectivity index (χ3v) is 4.92. The van der Waals surface area contributed by atoms with Crippen LogP contribution in [0.25, 0.3) is 0 Å². The zero-order valence-electron chi connectivity index (χ0n) is 18.0. The zero-order valence-corrected chi connectivity index (χ0v) is 18.0. The maximum absolute atomic E-state index is 13.0. The van der Waals surface area contributed by atoms with Crippen molar-refractivity contribution in [2.75, 3.05) is 47.0 Å². The van der Waals surface area contributed by atoms with Gasteiger partial charge in [0.2, 0.25) is 11.8 Å². The molecule has 1 aliphatic rings. The molecule has 1 saturated heterocycles. The first-order chi connectivity index (χ1) is 15.0. The number of ether oxygens (including phenoxy) is 5.